The third kappa shape index (κ3) is 4.24. The fraction of sp³-hybridized carbons (Fsp3) is 0.500. The van der Waals surface area contributed by atoms with Crippen molar-refractivity contribution in [1.82, 2.24) is 4.90 Å². The van der Waals surface area contributed by atoms with Crippen LogP contribution in [0.2, 0.25) is 0 Å². The molecular weight excluding hydrogens is 286 g/mol. The van der Waals surface area contributed by atoms with Crippen LogP contribution in [0.4, 0.5) is 0 Å². The Hall–Kier alpha value is -1.49. The molecule has 1 aromatic rings. The van der Waals surface area contributed by atoms with E-state index in [2.05, 4.69) is 6.92 Å². The predicted molar refractivity (Wildman–Crippen MR) is 83.8 cm³/mol. The zero-order valence-corrected chi connectivity index (χ0v) is 13.1. The topological polar surface area (TPSA) is 57.6 Å². The molecule has 1 aliphatic rings. The molecule has 0 aromatic heterocycles. The number of carboxylic acid groups (broad SMARTS) is 1. The van der Waals surface area contributed by atoms with Gasteiger partial charge in [0.25, 0.3) is 0 Å². The summed E-state index contributed by atoms with van der Waals surface area (Å²) >= 11 is 1.47. The number of rotatable bonds is 5. The van der Waals surface area contributed by atoms with Gasteiger partial charge in [0.1, 0.15) is 0 Å². The van der Waals surface area contributed by atoms with E-state index in [1.807, 2.05) is 4.90 Å². The number of thioether (sulfide) groups is 1. The number of carbonyl (C=O) groups excluding carboxylic acids is 1. The van der Waals surface area contributed by atoms with Gasteiger partial charge in [-0.1, -0.05) is 6.92 Å². The van der Waals surface area contributed by atoms with Gasteiger partial charge in [0.2, 0.25) is 5.91 Å². The van der Waals surface area contributed by atoms with Crippen LogP contribution in [-0.4, -0.2) is 40.2 Å². The maximum Gasteiger partial charge on any atom is 0.335 e. The molecule has 1 unspecified atom stereocenters. The highest BCUT2D eigenvalue weighted by Gasteiger charge is 2.24. The SMILES string of the molecule is CCC1CCCCN1C(=O)CSc1ccc(C(=O)O)cc1. The first-order chi connectivity index (χ1) is 10.1. The summed E-state index contributed by atoms with van der Waals surface area (Å²) in [7, 11) is 0. The highest BCUT2D eigenvalue weighted by atomic mass is 32.2. The molecule has 0 aliphatic carbocycles. The van der Waals surface area contributed by atoms with E-state index in [1.54, 1.807) is 24.3 Å². The van der Waals surface area contributed by atoms with Crippen molar-refractivity contribution >= 4 is 23.6 Å². The van der Waals surface area contributed by atoms with Crippen LogP contribution >= 0.6 is 11.8 Å². The zero-order chi connectivity index (χ0) is 15.2. The van der Waals surface area contributed by atoms with Gasteiger partial charge in [0.15, 0.2) is 0 Å². The smallest absolute Gasteiger partial charge is 0.335 e. The maximum atomic E-state index is 12.3. The molecule has 0 saturated carbocycles. The molecule has 1 aromatic carbocycles. The largest absolute Gasteiger partial charge is 0.478 e. The molecule has 1 N–H and O–H groups in total. The molecule has 0 bridgehead atoms. The summed E-state index contributed by atoms with van der Waals surface area (Å²) < 4.78 is 0. The third-order valence-electron chi connectivity index (χ3n) is 3.88. The second-order valence-electron chi connectivity index (χ2n) is 5.26. The number of carboxylic acids is 1. The number of hydrogen-bond donors (Lipinski definition) is 1. The van der Waals surface area contributed by atoms with Crippen molar-refractivity contribution in [3.05, 3.63) is 29.8 Å². The quantitative estimate of drug-likeness (QED) is 0.848. The Morgan fingerprint density at radius 2 is 2.00 bits per heavy atom. The van der Waals surface area contributed by atoms with E-state index in [9.17, 15) is 9.59 Å². The lowest BCUT2D eigenvalue weighted by Crippen LogP contribution is -2.44. The second-order valence-corrected chi connectivity index (χ2v) is 6.31. The van der Waals surface area contributed by atoms with E-state index in [0.717, 1.165) is 30.7 Å². The van der Waals surface area contributed by atoms with E-state index in [0.29, 0.717) is 11.8 Å². The van der Waals surface area contributed by atoms with E-state index in [4.69, 9.17) is 5.11 Å². The van der Waals surface area contributed by atoms with Gasteiger partial charge >= 0.3 is 5.97 Å². The van der Waals surface area contributed by atoms with Gasteiger partial charge in [-0.2, -0.15) is 0 Å². The highest BCUT2D eigenvalue weighted by molar-refractivity contribution is 8.00. The number of benzene rings is 1. The third-order valence-corrected chi connectivity index (χ3v) is 4.88. The van der Waals surface area contributed by atoms with Crippen LogP contribution in [0.25, 0.3) is 0 Å². The Morgan fingerprint density at radius 3 is 2.62 bits per heavy atom. The van der Waals surface area contributed by atoms with Gasteiger partial charge in [-0.25, -0.2) is 4.79 Å². The van der Waals surface area contributed by atoms with E-state index in [-0.39, 0.29) is 11.5 Å². The van der Waals surface area contributed by atoms with Gasteiger partial charge in [0, 0.05) is 17.5 Å². The first-order valence-electron chi connectivity index (χ1n) is 7.37. The summed E-state index contributed by atoms with van der Waals surface area (Å²) in [5.41, 5.74) is 0.271. The van der Waals surface area contributed by atoms with Crippen molar-refractivity contribution in [2.75, 3.05) is 12.3 Å². The highest BCUT2D eigenvalue weighted by Crippen LogP contribution is 2.23. The molecule has 2 rings (SSSR count). The number of likely N-dealkylation sites (tertiary alicyclic amines) is 1. The fourth-order valence-electron chi connectivity index (χ4n) is 2.68. The van der Waals surface area contributed by atoms with Gasteiger partial charge in [-0.3, -0.25) is 4.79 Å². The van der Waals surface area contributed by atoms with E-state index in [1.165, 1.54) is 18.2 Å². The summed E-state index contributed by atoms with van der Waals surface area (Å²) in [6.45, 7) is 3.00. The first-order valence-corrected chi connectivity index (χ1v) is 8.36. The average Bonchev–Trinajstić information content (AvgIpc) is 2.52. The van der Waals surface area contributed by atoms with Crippen LogP contribution in [0.1, 0.15) is 43.0 Å². The number of amides is 1. The van der Waals surface area contributed by atoms with Gasteiger partial charge < -0.3 is 10.0 Å². The van der Waals surface area contributed by atoms with Crippen molar-refractivity contribution in [2.45, 2.75) is 43.5 Å². The number of carbonyl (C=O) groups is 2. The molecule has 1 aliphatic heterocycles. The predicted octanol–water partition coefficient (Wildman–Crippen LogP) is 3.27. The molecule has 4 nitrogen and oxygen atoms in total. The van der Waals surface area contributed by atoms with Gasteiger partial charge in [-0.05, 0) is 49.9 Å². The Balaban J connectivity index is 1.89. The monoisotopic (exact) mass is 307 g/mol. The second kappa shape index (κ2) is 7.50. The summed E-state index contributed by atoms with van der Waals surface area (Å²) in [4.78, 5) is 26.1. The number of aromatic carboxylic acids is 1. The van der Waals surface area contributed by atoms with Gasteiger partial charge in [-0.15, -0.1) is 11.8 Å². The minimum Gasteiger partial charge on any atom is -0.478 e. The van der Waals surface area contributed by atoms with Crippen molar-refractivity contribution in [2.24, 2.45) is 0 Å². The Labute approximate surface area is 129 Å². The van der Waals surface area contributed by atoms with Crippen LogP contribution in [0.15, 0.2) is 29.2 Å². The molecule has 0 radical (unpaired) electrons. The van der Waals surface area contributed by atoms with Crippen LogP contribution in [0, 0.1) is 0 Å². The van der Waals surface area contributed by atoms with Crippen LogP contribution in [0.5, 0.6) is 0 Å². The lowest BCUT2D eigenvalue weighted by Gasteiger charge is -2.35. The minimum atomic E-state index is -0.929. The van der Waals surface area contributed by atoms with Crippen molar-refractivity contribution in [3.63, 3.8) is 0 Å². The molecular formula is C16H21NO3S. The standard InChI is InChI=1S/C16H21NO3S/c1-2-13-5-3-4-10-17(13)15(18)11-21-14-8-6-12(7-9-14)16(19)20/h6-9,13H,2-5,10-11H2,1H3,(H,19,20). The normalized spacial score (nSPS) is 18.5. The number of hydrogen-bond acceptors (Lipinski definition) is 3. The Kier molecular flexibility index (Phi) is 5.67. The molecule has 1 amide bonds. The zero-order valence-electron chi connectivity index (χ0n) is 12.2. The maximum absolute atomic E-state index is 12.3. The average molecular weight is 307 g/mol. The fourth-order valence-corrected chi connectivity index (χ4v) is 3.46. The van der Waals surface area contributed by atoms with Crippen LogP contribution in [0.3, 0.4) is 0 Å². The Bertz CT molecular complexity index is 501. The lowest BCUT2D eigenvalue weighted by atomic mass is 10.0. The Morgan fingerprint density at radius 1 is 1.29 bits per heavy atom. The molecule has 5 heteroatoms. The van der Waals surface area contributed by atoms with Crippen molar-refractivity contribution in [3.8, 4) is 0 Å². The molecule has 114 valence electrons. The summed E-state index contributed by atoms with van der Waals surface area (Å²) in [5.74, 6) is -0.321. The van der Waals surface area contributed by atoms with E-state index >= 15 is 0 Å². The molecule has 1 atom stereocenters. The van der Waals surface area contributed by atoms with E-state index < -0.39 is 5.97 Å². The van der Waals surface area contributed by atoms with Crippen LogP contribution < -0.4 is 0 Å². The van der Waals surface area contributed by atoms with Gasteiger partial charge in [0.05, 0.1) is 11.3 Å². The molecule has 21 heavy (non-hydrogen) atoms. The van der Waals surface area contributed by atoms with Crippen molar-refractivity contribution < 1.29 is 14.7 Å². The summed E-state index contributed by atoms with van der Waals surface area (Å²) in [5, 5.41) is 8.85. The number of piperidine rings is 1. The van der Waals surface area contributed by atoms with Crippen LogP contribution in [-0.2, 0) is 4.79 Å². The minimum absolute atomic E-state index is 0.189. The molecule has 1 saturated heterocycles. The first kappa shape index (κ1) is 15.9. The lowest BCUT2D eigenvalue weighted by molar-refractivity contribution is -0.132. The number of nitrogens with zero attached hydrogens (tertiary/aromatic N) is 1. The molecule has 0 spiro atoms. The molecule has 1 heterocycles. The molecule has 1 fully saturated rings. The van der Waals surface area contributed by atoms with Crippen molar-refractivity contribution in [1.29, 1.82) is 0 Å². The summed E-state index contributed by atoms with van der Waals surface area (Å²) in [6.07, 6.45) is 4.44. The summed E-state index contributed by atoms with van der Waals surface area (Å²) in [6, 6.07) is 7.06.